The molecule has 0 amide bonds. The Kier molecular flexibility index (Phi) is 24.1. The molecule has 68 valence electrons. The van der Waals surface area contributed by atoms with Crippen LogP contribution in [0.25, 0.3) is 0 Å². The summed E-state index contributed by atoms with van der Waals surface area (Å²) < 4.78 is 0. The average molecular weight is 166 g/mol. The number of carbonyl (C=O) groups is 2. The third-order valence-electron chi connectivity index (χ3n) is 0.264. The highest BCUT2D eigenvalue weighted by Gasteiger charge is 1.83. The maximum Gasteiger partial charge on any atom is 0.300 e. The first-order valence-corrected chi connectivity index (χ1v) is 2.78. The summed E-state index contributed by atoms with van der Waals surface area (Å²) >= 11 is 0. The Bertz CT molecular complexity index is 77.0. The molecule has 0 saturated heterocycles. The number of aliphatic hydroxyl groups is 2. The van der Waals surface area contributed by atoms with Crippen LogP contribution in [0.15, 0.2) is 0 Å². The lowest BCUT2D eigenvalue weighted by Crippen LogP contribution is -2.03. The van der Waals surface area contributed by atoms with Crippen molar-refractivity contribution in [1.82, 2.24) is 0 Å². The van der Waals surface area contributed by atoms with E-state index < -0.39 is 12.1 Å². The Balaban J connectivity index is -0.0000000965. The van der Waals surface area contributed by atoms with E-state index in [0.29, 0.717) is 0 Å². The fraction of sp³-hybridized carbons (Fsp3) is 0.667. The topological polar surface area (TPSA) is 94.8 Å². The molecule has 0 radical (unpaired) electrons. The van der Waals surface area contributed by atoms with Gasteiger partial charge in [0.2, 0.25) is 0 Å². The maximum atomic E-state index is 9.00. The van der Waals surface area contributed by atoms with Gasteiger partial charge in [-0.2, -0.15) is 0 Å². The Labute approximate surface area is 65.3 Å². The van der Waals surface area contributed by atoms with Crippen LogP contribution in [0, 0.1) is 0 Å². The number of hydrogen-bond donors (Lipinski definition) is 3. The van der Waals surface area contributed by atoms with E-state index in [9.17, 15) is 0 Å². The molecule has 0 aromatic heterocycles. The molecule has 0 saturated carbocycles. The van der Waals surface area contributed by atoms with Crippen LogP contribution in [0.4, 0.5) is 0 Å². The first-order chi connectivity index (χ1) is 5.00. The average Bonchev–Trinajstić information content (AvgIpc) is 1.91. The molecule has 11 heavy (non-hydrogen) atoms. The molecule has 0 aliphatic rings. The van der Waals surface area contributed by atoms with Crippen LogP contribution < -0.4 is 0 Å². The Morgan fingerprint density at radius 2 is 1.64 bits per heavy atom. The largest absolute Gasteiger partial charge is 0.481 e. The number of aliphatic hydroxyl groups excluding tert-OH is 2. The molecule has 0 rings (SSSR count). The van der Waals surface area contributed by atoms with Crippen LogP contribution in [0.3, 0.4) is 0 Å². The molecular weight excluding hydrogens is 152 g/mol. The smallest absolute Gasteiger partial charge is 0.300 e. The quantitative estimate of drug-likeness (QED) is 0.477. The van der Waals surface area contributed by atoms with Crippen molar-refractivity contribution in [1.29, 1.82) is 0 Å². The van der Waals surface area contributed by atoms with Crippen LogP contribution in [0.5, 0.6) is 0 Å². The summed E-state index contributed by atoms with van der Waals surface area (Å²) in [5.74, 6) is -0.833. The van der Waals surface area contributed by atoms with Gasteiger partial charge >= 0.3 is 0 Å². The standard InChI is InChI=1S/C3H8O2.C2H4O2.CH2O/c1-3(5)2-4;1-2(3)4;1-2/h3-5H,2H2,1H3;1H3,(H,3,4);1H2. The monoisotopic (exact) mass is 166 g/mol. The van der Waals surface area contributed by atoms with Crippen molar-refractivity contribution >= 4 is 12.8 Å². The molecule has 1 atom stereocenters. The lowest BCUT2D eigenvalue weighted by atomic mass is 10.5. The van der Waals surface area contributed by atoms with Crippen LogP contribution >= 0.6 is 0 Å². The van der Waals surface area contributed by atoms with Crippen molar-refractivity contribution in [3.63, 3.8) is 0 Å². The summed E-state index contributed by atoms with van der Waals surface area (Å²) in [4.78, 5) is 17.0. The SMILES string of the molecule is C=O.CC(=O)O.CC(O)CO. The van der Waals surface area contributed by atoms with Crippen LogP contribution in [0.1, 0.15) is 13.8 Å². The van der Waals surface area contributed by atoms with Gasteiger partial charge in [0, 0.05) is 6.92 Å². The van der Waals surface area contributed by atoms with E-state index in [2.05, 4.69) is 0 Å². The Morgan fingerprint density at radius 3 is 1.64 bits per heavy atom. The van der Waals surface area contributed by atoms with Gasteiger partial charge in [-0.15, -0.1) is 0 Å². The second-order valence-electron chi connectivity index (χ2n) is 1.55. The first kappa shape index (κ1) is 16.6. The summed E-state index contributed by atoms with van der Waals surface area (Å²) in [6.07, 6.45) is -0.560. The van der Waals surface area contributed by atoms with E-state index in [1.807, 2.05) is 6.79 Å². The molecule has 1 unspecified atom stereocenters. The van der Waals surface area contributed by atoms with E-state index in [4.69, 9.17) is 24.9 Å². The number of hydrogen-bond acceptors (Lipinski definition) is 4. The van der Waals surface area contributed by atoms with E-state index in [-0.39, 0.29) is 6.61 Å². The van der Waals surface area contributed by atoms with Crippen LogP contribution in [0.2, 0.25) is 0 Å². The van der Waals surface area contributed by atoms with E-state index >= 15 is 0 Å². The summed E-state index contributed by atoms with van der Waals surface area (Å²) in [6, 6.07) is 0. The second kappa shape index (κ2) is 16.0. The van der Waals surface area contributed by atoms with Gasteiger partial charge in [-0.1, -0.05) is 0 Å². The van der Waals surface area contributed by atoms with Gasteiger partial charge in [0.05, 0.1) is 12.7 Å². The number of carboxylic acid groups (broad SMARTS) is 1. The number of rotatable bonds is 1. The van der Waals surface area contributed by atoms with Crippen molar-refractivity contribution in [2.24, 2.45) is 0 Å². The Hall–Kier alpha value is -0.940. The number of carbonyl (C=O) groups excluding carboxylic acids is 1. The molecule has 0 aromatic rings. The predicted molar refractivity (Wildman–Crippen MR) is 39.2 cm³/mol. The molecule has 0 aliphatic heterocycles. The normalized spacial score (nSPS) is 9.45. The van der Waals surface area contributed by atoms with Gasteiger partial charge in [-0.05, 0) is 6.92 Å². The minimum Gasteiger partial charge on any atom is -0.481 e. The van der Waals surface area contributed by atoms with Crippen molar-refractivity contribution in [3.05, 3.63) is 0 Å². The lowest BCUT2D eigenvalue weighted by molar-refractivity contribution is -0.134. The van der Waals surface area contributed by atoms with Gasteiger partial charge in [0.25, 0.3) is 5.97 Å². The van der Waals surface area contributed by atoms with Gasteiger partial charge in [0.15, 0.2) is 0 Å². The van der Waals surface area contributed by atoms with Gasteiger partial charge in [0.1, 0.15) is 6.79 Å². The molecule has 5 nitrogen and oxygen atoms in total. The first-order valence-electron chi connectivity index (χ1n) is 2.78. The zero-order chi connectivity index (χ0) is 9.86. The summed E-state index contributed by atoms with van der Waals surface area (Å²) in [5.41, 5.74) is 0. The number of aliphatic carboxylic acids is 1. The van der Waals surface area contributed by atoms with Gasteiger partial charge in [-0.3, -0.25) is 4.79 Å². The molecular formula is C6H14O5. The summed E-state index contributed by atoms with van der Waals surface area (Å²) in [7, 11) is 0. The molecule has 5 heteroatoms. The van der Waals surface area contributed by atoms with Crippen LogP contribution in [-0.2, 0) is 9.59 Å². The summed E-state index contributed by atoms with van der Waals surface area (Å²) in [6.45, 7) is 4.47. The molecule has 3 N–H and O–H groups in total. The maximum absolute atomic E-state index is 9.00. The third-order valence-corrected chi connectivity index (χ3v) is 0.264. The van der Waals surface area contributed by atoms with E-state index in [1.54, 1.807) is 0 Å². The van der Waals surface area contributed by atoms with Crippen molar-refractivity contribution in [2.75, 3.05) is 6.61 Å². The highest BCUT2D eigenvalue weighted by atomic mass is 16.4. The van der Waals surface area contributed by atoms with Gasteiger partial charge < -0.3 is 20.1 Å². The molecule has 0 aromatic carbocycles. The highest BCUT2D eigenvalue weighted by Crippen LogP contribution is 1.68. The molecule has 0 spiro atoms. The molecule has 0 aliphatic carbocycles. The molecule has 0 heterocycles. The predicted octanol–water partition coefficient (Wildman–Crippen LogP) is -0.734. The van der Waals surface area contributed by atoms with Gasteiger partial charge in [-0.25, -0.2) is 0 Å². The van der Waals surface area contributed by atoms with Crippen molar-refractivity contribution in [2.45, 2.75) is 20.0 Å². The molecule has 0 fully saturated rings. The van der Waals surface area contributed by atoms with E-state index in [0.717, 1.165) is 6.92 Å². The lowest BCUT2D eigenvalue weighted by Gasteiger charge is -1.90. The third kappa shape index (κ3) is 402. The summed E-state index contributed by atoms with van der Waals surface area (Å²) in [5, 5.41) is 23.4. The van der Waals surface area contributed by atoms with Crippen LogP contribution in [-0.4, -0.2) is 40.8 Å². The molecule has 0 bridgehead atoms. The fourth-order valence-corrected chi connectivity index (χ4v) is 0. The zero-order valence-electron chi connectivity index (χ0n) is 6.65. The number of carboxylic acids is 1. The second-order valence-corrected chi connectivity index (χ2v) is 1.55. The highest BCUT2D eigenvalue weighted by molar-refractivity contribution is 5.62. The zero-order valence-corrected chi connectivity index (χ0v) is 6.65. The minimum atomic E-state index is -0.833. The minimum absolute atomic E-state index is 0.139. The van der Waals surface area contributed by atoms with Crippen molar-refractivity contribution in [3.8, 4) is 0 Å². The van der Waals surface area contributed by atoms with Crippen molar-refractivity contribution < 1.29 is 24.9 Å². The van der Waals surface area contributed by atoms with E-state index in [1.165, 1.54) is 6.92 Å². The Morgan fingerprint density at radius 1 is 1.55 bits per heavy atom. The fourth-order valence-electron chi connectivity index (χ4n) is 0.